The average Bonchev–Trinajstić information content (AvgIpc) is 3.67. The van der Waals surface area contributed by atoms with E-state index in [2.05, 4.69) is 25.1 Å². The van der Waals surface area contributed by atoms with E-state index in [1.807, 2.05) is 30.9 Å². The summed E-state index contributed by atoms with van der Waals surface area (Å²) >= 11 is 0. The quantitative estimate of drug-likeness (QED) is 0.393. The van der Waals surface area contributed by atoms with Crippen molar-refractivity contribution in [3.63, 3.8) is 0 Å². The second-order valence-corrected chi connectivity index (χ2v) is 12.1. The van der Waals surface area contributed by atoms with Crippen molar-refractivity contribution in [3.05, 3.63) is 64.8 Å². The van der Waals surface area contributed by atoms with Crippen LogP contribution < -0.4 is 10.1 Å². The molecule has 3 aliphatic rings. The van der Waals surface area contributed by atoms with Gasteiger partial charge in [0, 0.05) is 19.6 Å². The van der Waals surface area contributed by atoms with Crippen LogP contribution in [0.2, 0.25) is 0 Å². The maximum Gasteiger partial charge on any atom is 0.573 e. The lowest BCUT2D eigenvalue weighted by Crippen LogP contribution is -2.55. The first-order valence-corrected chi connectivity index (χ1v) is 15.2. The Hall–Kier alpha value is -3.97. The minimum absolute atomic E-state index is 0.0239. The van der Waals surface area contributed by atoms with Gasteiger partial charge in [0.15, 0.2) is 5.82 Å². The van der Waals surface area contributed by atoms with E-state index in [0.717, 1.165) is 22.3 Å². The second kappa shape index (κ2) is 12.4. The predicted octanol–water partition coefficient (Wildman–Crippen LogP) is 4.36. The van der Waals surface area contributed by atoms with Crippen LogP contribution >= 0.6 is 0 Å². The number of carbonyl (C=O) groups is 2. The number of benzene rings is 2. The van der Waals surface area contributed by atoms with Crippen LogP contribution in [0.5, 0.6) is 5.75 Å². The van der Waals surface area contributed by atoms with Crippen LogP contribution in [0.4, 0.5) is 13.2 Å². The summed E-state index contributed by atoms with van der Waals surface area (Å²) in [6.45, 7) is 8.24. The average molecular weight is 628 g/mol. The van der Waals surface area contributed by atoms with Gasteiger partial charge in [0.05, 0.1) is 43.7 Å². The van der Waals surface area contributed by atoms with Crippen molar-refractivity contribution < 1.29 is 36.8 Å². The summed E-state index contributed by atoms with van der Waals surface area (Å²) in [5, 5.41) is 6.86. The van der Waals surface area contributed by atoms with Gasteiger partial charge in [-0.05, 0) is 73.6 Å². The smallest absolute Gasteiger partial charge is 0.406 e. The minimum Gasteiger partial charge on any atom is -0.406 e. The molecular formula is C32H36F3N5O5. The van der Waals surface area contributed by atoms with E-state index in [4.69, 9.17) is 9.26 Å². The van der Waals surface area contributed by atoms with Crippen molar-refractivity contribution >= 4 is 11.8 Å². The molecule has 0 radical (unpaired) electrons. The Labute approximate surface area is 258 Å². The summed E-state index contributed by atoms with van der Waals surface area (Å²) in [5.41, 5.74) is 4.22. The fourth-order valence-electron chi connectivity index (χ4n) is 6.53. The van der Waals surface area contributed by atoms with Gasteiger partial charge in [-0.15, -0.1) is 13.2 Å². The van der Waals surface area contributed by atoms with E-state index in [0.29, 0.717) is 56.4 Å². The molecule has 1 saturated carbocycles. The molecule has 2 amide bonds. The molecule has 0 bridgehead atoms. The number of aryl methyl sites for hydroxylation is 1. The van der Waals surface area contributed by atoms with Crippen molar-refractivity contribution in [1.29, 1.82) is 0 Å². The maximum absolute atomic E-state index is 13.4. The van der Waals surface area contributed by atoms with Gasteiger partial charge in [-0.1, -0.05) is 29.4 Å². The molecular weight excluding hydrogens is 591 g/mol. The number of amides is 2. The highest BCUT2D eigenvalue weighted by atomic mass is 19.4. The van der Waals surface area contributed by atoms with Crippen LogP contribution in [-0.4, -0.2) is 76.5 Å². The molecule has 13 heteroatoms. The molecule has 1 saturated heterocycles. The lowest BCUT2D eigenvalue weighted by atomic mass is 9.87. The normalized spacial score (nSPS) is 23.4. The Morgan fingerprint density at radius 3 is 2.60 bits per heavy atom. The zero-order chi connectivity index (χ0) is 31.9. The molecule has 3 aromatic rings. The molecule has 3 heterocycles. The number of fused-ring (bicyclic) bond motifs is 1. The highest BCUT2D eigenvalue weighted by molar-refractivity contribution is 5.83. The summed E-state index contributed by atoms with van der Waals surface area (Å²) in [7, 11) is 0. The Morgan fingerprint density at radius 2 is 1.89 bits per heavy atom. The Kier molecular flexibility index (Phi) is 8.57. The SMILES string of the molecule is Cc1noc([C@H]2C[C@@H]2C(=O)NCc2ccc(-c3cccc(OC(F)(F)F)c3)c3c2CN(CC(=O)N2[C@H](C)COC[C@H]2C)CC3)n1. The van der Waals surface area contributed by atoms with Crippen molar-refractivity contribution in [2.24, 2.45) is 5.92 Å². The molecule has 10 nitrogen and oxygen atoms in total. The van der Waals surface area contributed by atoms with Gasteiger partial charge in [-0.25, -0.2) is 0 Å². The van der Waals surface area contributed by atoms with Crippen LogP contribution in [0.15, 0.2) is 40.9 Å². The zero-order valence-electron chi connectivity index (χ0n) is 25.4. The third-order valence-electron chi connectivity index (χ3n) is 8.72. The van der Waals surface area contributed by atoms with Crippen LogP contribution in [0.3, 0.4) is 0 Å². The van der Waals surface area contributed by atoms with Crippen LogP contribution in [0, 0.1) is 12.8 Å². The zero-order valence-corrected chi connectivity index (χ0v) is 25.4. The fraction of sp³-hybridized carbons (Fsp3) is 0.500. The predicted molar refractivity (Wildman–Crippen MR) is 156 cm³/mol. The van der Waals surface area contributed by atoms with Gasteiger partial charge < -0.3 is 24.2 Å². The lowest BCUT2D eigenvalue weighted by molar-refractivity contribution is -0.274. The maximum atomic E-state index is 13.4. The summed E-state index contributed by atoms with van der Waals surface area (Å²) in [6, 6.07) is 9.67. The summed E-state index contributed by atoms with van der Waals surface area (Å²) in [5.74, 6) is 0.277. The fourth-order valence-corrected chi connectivity index (χ4v) is 6.53. The number of rotatable bonds is 8. The van der Waals surface area contributed by atoms with E-state index >= 15 is 0 Å². The Balaban J connectivity index is 1.23. The van der Waals surface area contributed by atoms with Crippen LogP contribution in [-0.2, 0) is 33.8 Å². The number of halogens is 3. The molecule has 240 valence electrons. The molecule has 2 aromatic carbocycles. The number of aromatic nitrogens is 2. The minimum atomic E-state index is -4.80. The van der Waals surface area contributed by atoms with Gasteiger partial charge >= 0.3 is 6.36 Å². The number of morpholine rings is 1. The van der Waals surface area contributed by atoms with Gasteiger partial charge in [-0.2, -0.15) is 4.98 Å². The van der Waals surface area contributed by atoms with Gasteiger partial charge in [0.1, 0.15) is 5.75 Å². The molecule has 0 unspecified atom stereocenters. The Bertz CT molecular complexity index is 1570. The first-order chi connectivity index (χ1) is 21.5. The number of alkyl halides is 3. The number of carbonyl (C=O) groups excluding carboxylic acids is 2. The molecule has 1 N–H and O–H groups in total. The molecule has 4 atom stereocenters. The lowest BCUT2D eigenvalue weighted by Gasteiger charge is -2.40. The van der Waals surface area contributed by atoms with E-state index in [1.54, 1.807) is 13.0 Å². The van der Waals surface area contributed by atoms with Gasteiger partial charge in [-0.3, -0.25) is 14.5 Å². The third-order valence-corrected chi connectivity index (χ3v) is 8.72. The summed E-state index contributed by atoms with van der Waals surface area (Å²) in [6.07, 6.45) is -3.58. The third kappa shape index (κ3) is 6.99. The van der Waals surface area contributed by atoms with E-state index in [9.17, 15) is 22.8 Å². The highest BCUT2D eigenvalue weighted by Gasteiger charge is 2.47. The largest absolute Gasteiger partial charge is 0.573 e. The van der Waals surface area contributed by atoms with Crippen LogP contribution in [0.25, 0.3) is 11.1 Å². The first kappa shape index (κ1) is 31.0. The first-order valence-electron chi connectivity index (χ1n) is 15.2. The van der Waals surface area contributed by atoms with Crippen molar-refractivity contribution in [2.45, 2.75) is 71.1 Å². The van der Waals surface area contributed by atoms with Gasteiger partial charge in [0.25, 0.3) is 0 Å². The van der Waals surface area contributed by atoms with E-state index < -0.39 is 6.36 Å². The van der Waals surface area contributed by atoms with Crippen molar-refractivity contribution in [3.8, 4) is 16.9 Å². The molecule has 1 aromatic heterocycles. The topological polar surface area (TPSA) is 110 Å². The number of hydrogen-bond donors (Lipinski definition) is 1. The highest BCUT2D eigenvalue weighted by Crippen LogP contribution is 2.47. The monoisotopic (exact) mass is 627 g/mol. The van der Waals surface area contributed by atoms with Gasteiger partial charge in [0.2, 0.25) is 17.7 Å². The van der Waals surface area contributed by atoms with E-state index in [1.165, 1.54) is 18.2 Å². The number of hydrogen-bond acceptors (Lipinski definition) is 8. The standard InChI is InChI=1S/C32H36F3N5O5/c1-18-16-43-17-19(2)40(18)29(41)15-39-10-9-25-24(21-5-4-6-23(11-21)44-32(33,34)35)8-7-22(28(25)14-39)13-36-30(42)26-12-27(26)31-37-20(3)38-45-31/h4-8,11,18-19,26-27H,9-10,12-17H2,1-3H3,(H,36,42)/t18-,19-,26+,27+/m1/s1. The molecule has 2 fully saturated rings. The van der Waals surface area contributed by atoms with Crippen molar-refractivity contribution in [2.75, 3.05) is 26.3 Å². The van der Waals surface area contributed by atoms with Crippen LogP contribution in [0.1, 0.15) is 54.6 Å². The summed E-state index contributed by atoms with van der Waals surface area (Å²) < 4.78 is 53.9. The summed E-state index contributed by atoms with van der Waals surface area (Å²) in [4.78, 5) is 34.7. The number of nitrogens with zero attached hydrogens (tertiary/aromatic N) is 4. The van der Waals surface area contributed by atoms with E-state index in [-0.39, 0.29) is 54.6 Å². The molecule has 6 rings (SSSR count). The Morgan fingerprint density at radius 1 is 1.11 bits per heavy atom. The molecule has 2 aliphatic heterocycles. The second-order valence-electron chi connectivity index (χ2n) is 12.1. The molecule has 1 aliphatic carbocycles. The molecule has 45 heavy (non-hydrogen) atoms. The van der Waals surface area contributed by atoms with Crippen molar-refractivity contribution in [1.82, 2.24) is 25.3 Å². The molecule has 0 spiro atoms. The number of nitrogens with one attached hydrogen (secondary N) is 1. The number of ether oxygens (including phenoxy) is 2.